The molecule has 152 valence electrons. The molecule has 4 heterocycles. The number of pyridine rings is 1. The molecule has 1 atom stereocenters. The molecule has 0 aliphatic heterocycles. The number of hydrogen-bond donors (Lipinski definition) is 3. The molecule has 0 amide bonds. The molecular weight excluding hydrogens is 388 g/mol. The predicted octanol–water partition coefficient (Wildman–Crippen LogP) is -0.00790. The van der Waals surface area contributed by atoms with Gasteiger partial charge in [0.2, 0.25) is 5.88 Å². The lowest BCUT2D eigenvalue weighted by Gasteiger charge is -2.12. The van der Waals surface area contributed by atoms with Gasteiger partial charge in [-0.3, -0.25) is 9.97 Å². The van der Waals surface area contributed by atoms with Crippen LogP contribution in [0.2, 0.25) is 0 Å². The maximum absolute atomic E-state index is 11.4. The number of aromatic nitrogens is 7. The first-order valence-electron chi connectivity index (χ1n) is 9.47. The molecule has 11 heteroatoms. The SMILES string of the molecule is C[C@@H](Oc1nc(=NC2CC2)n2ncc(=Cc3[nH]c(=O)[nH]c3O)c2n1)c1ccccn1. The number of rotatable bonds is 5. The lowest BCUT2D eigenvalue weighted by Crippen LogP contribution is -2.24. The lowest BCUT2D eigenvalue weighted by atomic mass is 10.2. The van der Waals surface area contributed by atoms with Gasteiger partial charge < -0.3 is 14.8 Å². The maximum Gasteiger partial charge on any atom is 0.326 e. The van der Waals surface area contributed by atoms with Crippen molar-refractivity contribution in [3.63, 3.8) is 0 Å². The molecule has 1 saturated carbocycles. The molecule has 4 aromatic heterocycles. The smallest absolute Gasteiger partial charge is 0.326 e. The Kier molecular flexibility index (Phi) is 4.27. The highest BCUT2D eigenvalue weighted by Gasteiger charge is 2.21. The van der Waals surface area contributed by atoms with E-state index in [4.69, 9.17) is 4.74 Å². The van der Waals surface area contributed by atoms with Crippen LogP contribution in [0.4, 0.5) is 0 Å². The fraction of sp³-hybridized carbons (Fsp3) is 0.263. The summed E-state index contributed by atoms with van der Waals surface area (Å²) in [6, 6.07) is 5.93. The molecule has 1 aliphatic rings. The van der Waals surface area contributed by atoms with Gasteiger partial charge in [-0.05, 0) is 38.0 Å². The molecule has 3 N–H and O–H groups in total. The van der Waals surface area contributed by atoms with Crippen molar-refractivity contribution < 1.29 is 9.84 Å². The third kappa shape index (κ3) is 3.52. The van der Waals surface area contributed by atoms with Crippen LogP contribution in [0.15, 0.2) is 40.4 Å². The van der Waals surface area contributed by atoms with Crippen LogP contribution >= 0.6 is 0 Å². The van der Waals surface area contributed by atoms with Crippen LogP contribution in [0.5, 0.6) is 11.9 Å². The number of nitrogens with zero attached hydrogens (tertiary/aromatic N) is 6. The Morgan fingerprint density at radius 1 is 1.33 bits per heavy atom. The number of nitrogens with one attached hydrogen (secondary N) is 2. The Balaban J connectivity index is 1.63. The molecule has 0 unspecified atom stereocenters. The fourth-order valence-corrected chi connectivity index (χ4v) is 2.95. The quantitative estimate of drug-likeness (QED) is 0.422. The fourth-order valence-electron chi connectivity index (χ4n) is 2.95. The second-order valence-electron chi connectivity index (χ2n) is 7.00. The van der Waals surface area contributed by atoms with Crippen molar-refractivity contribution in [2.24, 2.45) is 4.99 Å². The summed E-state index contributed by atoms with van der Waals surface area (Å²) in [6.45, 7) is 1.86. The van der Waals surface area contributed by atoms with E-state index in [2.05, 4.69) is 35.0 Å². The van der Waals surface area contributed by atoms with Crippen molar-refractivity contribution in [3.05, 3.63) is 63.3 Å². The summed E-state index contributed by atoms with van der Waals surface area (Å²) in [7, 11) is 0. The highest BCUT2D eigenvalue weighted by molar-refractivity contribution is 5.56. The van der Waals surface area contributed by atoms with Gasteiger partial charge in [-0.15, -0.1) is 0 Å². The van der Waals surface area contributed by atoms with Crippen molar-refractivity contribution in [1.82, 2.24) is 34.5 Å². The second-order valence-corrected chi connectivity index (χ2v) is 7.00. The molecule has 1 aliphatic carbocycles. The van der Waals surface area contributed by atoms with Crippen LogP contribution in [0.1, 0.15) is 37.3 Å². The highest BCUT2D eigenvalue weighted by Crippen LogP contribution is 2.22. The Morgan fingerprint density at radius 2 is 2.20 bits per heavy atom. The van der Waals surface area contributed by atoms with Crippen molar-refractivity contribution in [2.75, 3.05) is 0 Å². The zero-order valence-electron chi connectivity index (χ0n) is 16.0. The number of imidazole rings is 1. The third-order valence-electron chi connectivity index (χ3n) is 4.62. The van der Waals surface area contributed by atoms with E-state index in [9.17, 15) is 9.90 Å². The van der Waals surface area contributed by atoms with E-state index < -0.39 is 5.69 Å². The van der Waals surface area contributed by atoms with Gasteiger partial charge in [0.05, 0.1) is 17.9 Å². The Labute approximate surface area is 168 Å². The van der Waals surface area contributed by atoms with E-state index in [0.29, 0.717) is 16.5 Å². The van der Waals surface area contributed by atoms with Gasteiger partial charge in [-0.2, -0.15) is 19.6 Å². The molecule has 11 nitrogen and oxygen atoms in total. The van der Waals surface area contributed by atoms with Gasteiger partial charge in [0, 0.05) is 11.4 Å². The first-order valence-corrected chi connectivity index (χ1v) is 9.47. The van der Waals surface area contributed by atoms with Crippen LogP contribution in [-0.2, 0) is 0 Å². The van der Waals surface area contributed by atoms with Crippen molar-refractivity contribution in [1.29, 1.82) is 0 Å². The number of ether oxygens (including phenoxy) is 1. The van der Waals surface area contributed by atoms with Crippen LogP contribution in [-0.4, -0.2) is 45.7 Å². The van der Waals surface area contributed by atoms with E-state index in [1.165, 1.54) is 4.52 Å². The molecule has 5 rings (SSSR count). The van der Waals surface area contributed by atoms with E-state index in [1.54, 1.807) is 18.5 Å². The zero-order valence-corrected chi connectivity index (χ0v) is 16.0. The summed E-state index contributed by atoms with van der Waals surface area (Å²) in [5, 5.41) is 14.7. The van der Waals surface area contributed by atoms with E-state index in [1.807, 2.05) is 25.1 Å². The minimum Gasteiger partial charge on any atom is -0.493 e. The molecule has 0 radical (unpaired) electrons. The second kappa shape index (κ2) is 7.10. The van der Waals surface area contributed by atoms with Crippen LogP contribution in [0.3, 0.4) is 0 Å². The van der Waals surface area contributed by atoms with E-state index in [-0.39, 0.29) is 29.7 Å². The molecular formula is C19H18N8O3. The van der Waals surface area contributed by atoms with Gasteiger partial charge in [0.1, 0.15) is 11.8 Å². The molecule has 30 heavy (non-hydrogen) atoms. The average Bonchev–Trinajstić information content (AvgIpc) is 3.37. The van der Waals surface area contributed by atoms with Gasteiger partial charge in [0.15, 0.2) is 5.65 Å². The minimum atomic E-state index is -0.512. The van der Waals surface area contributed by atoms with Gasteiger partial charge in [-0.25, -0.2) is 9.79 Å². The van der Waals surface area contributed by atoms with Crippen molar-refractivity contribution in [2.45, 2.75) is 31.9 Å². The molecule has 0 saturated heterocycles. The monoisotopic (exact) mass is 406 g/mol. The van der Waals surface area contributed by atoms with Crippen molar-refractivity contribution >= 4 is 11.7 Å². The third-order valence-corrected chi connectivity index (χ3v) is 4.62. The summed E-state index contributed by atoms with van der Waals surface area (Å²) in [5.41, 5.74) is 1.28. The predicted molar refractivity (Wildman–Crippen MR) is 105 cm³/mol. The number of aromatic amines is 2. The summed E-state index contributed by atoms with van der Waals surface area (Å²) in [4.78, 5) is 34.0. The van der Waals surface area contributed by atoms with Crippen LogP contribution in [0.25, 0.3) is 11.7 Å². The van der Waals surface area contributed by atoms with E-state index in [0.717, 1.165) is 18.5 Å². The van der Waals surface area contributed by atoms with E-state index >= 15 is 0 Å². The normalized spacial score (nSPS) is 16.3. The number of aromatic hydroxyl groups is 1. The summed E-state index contributed by atoms with van der Waals surface area (Å²) >= 11 is 0. The molecule has 0 aromatic carbocycles. The van der Waals surface area contributed by atoms with Gasteiger partial charge >= 0.3 is 11.7 Å². The van der Waals surface area contributed by atoms with Gasteiger partial charge in [-0.1, -0.05) is 6.07 Å². The standard InChI is InChI=1S/C19H18N8O3/c1-10(13-4-2-3-7-20-13)30-19-24-15-11(8-14-16(28)25-18(29)23-14)9-21-27(15)17(26-19)22-12-5-6-12/h2-4,7-10,12,28H,5-6H2,1H3,(H2,23,25,29)/t10-/m1/s1. The minimum absolute atomic E-state index is 0.141. The Hall–Kier alpha value is -4.02. The number of fused-ring (bicyclic) bond motifs is 1. The summed E-state index contributed by atoms with van der Waals surface area (Å²) in [6.07, 6.45) is 6.46. The molecule has 4 aromatic rings. The zero-order chi connectivity index (χ0) is 20.7. The van der Waals surface area contributed by atoms with Crippen molar-refractivity contribution in [3.8, 4) is 11.9 Å². The topological polar surface area (TPSA) is 146 Å². The van der Waals surface area contributed by atoms with Gasteiger partial charge in [0.25, 0.3) is 5.62 Å². The van der Waals surface area contributed by atoms with Crippen LogP contribution in [0, 0.1) is 0 Å². The summed E-state index contributed by atoms with van der Waals surface area (Å²) < 4.78 is 7.46. The number of hydrogen-bond acceptors (Lipinski definition) is 8. The molecule has 0 bridgehead atoms. The first kappa shape index (κ1) is 18.0. The maximum atomic E-state index is 11.4. The van der Waals surface area contributed by atoms with Crippen LogP contribution < -0.4 is 21.3 Å². The largest absolute Gasteiger partial charge is 0.493 e. The Bertz CT molecular complexity index is 1380. The molecule has 0 spiro atoms. The highest BCUT2D eigenvalue weighted by atomic mass is 16.5. The summed E-state index contributed by atoms with van der Waals surface area (Å²) in [5.74, 6) is -0.267. The molecule has 1 fully saturated rings. The Morgan fingerprint density at radius 3 is 2.90 bits per heavy atom. The number of H-pyrrole nitrogens is 2. The first-order chi connectivity index (χ1) is 14.6. The lowest BCUT2D eigenvalue weighted by molar-refractivity contribution is 0.201. The average molecular weight is 406 g/mol.